The van der Waals surface area contributed by atoms with E-state index in [4.69, 9.17) is 8.92 Å². The van der Waals surface area contributed by atoms with E-state index >= 15 is 0 Å². The van der Waals surface area contributed by atoms with Crippen molar-refractivity contribution in [1.82, 2.24) is 4.98 Å². The van der Waals surface area contributed by atoms with Crippen molar-refractivity contribution in [3.63, 3.8) is 0 Å². The van der Waals surface area contributed by atoms with Crippen LogP contribution in [0.1, 0.15) is 23.7 Å². The molecule has 0 saturated carbocycles. The van der Waals surface area contributed by atoms with Crippen LogP contribution in [0.25, 0.3) is 0 Å². The number of esters is 1. The van der Waals surface area contributed by atoms with Crippen LogP contribution in [0, 0.1) is 6.92 Å². The zero-order valence-electron chi connectivity index (χ0n) is 16.9. The van der Waals surface area contributed by atoms with Crippen LogP contribution >= 0.6 is 11.3 Å². The molecule has 162 valence electrons. The minimum absolute atomic E-state index is 0.0960. The third-order valence-electron chi connectivity index (χ3n) is 3.95. The first-order valence-corrected chi connectivity index (χ1v) is 11.6. The molecule has 2 aromatic carbocycles. The predicted octanol–water partition coefficient (Wildman–Crippen LogP) is 3.77. The lowest BCUT2D eigenvalue weighted by atomic mass is 10.2. The largest absolute Gasteiger partial charge is 0.466 e. The van der Waals surface area contributed by atoms with Gasteiger partial charge in [0.05, 0.1) is 24.9 Å². The predicted molar refractivity (Wildman–Crippen MR) is 119 cm³/mol. The number of benzene rings is 2. The van der Waals surface area contributed by atoms with E-state index in [2.05, 4.69) is 15.5 Å². The van der Waals surface area contributed by atoms with E-state index in [1.807, 2.05) is 6.92 Å². The zero-order chi connectivity index (χ0) is 22.3. The summed E-state index contributed by atoms with van der Waals surface area (Å²) < 4.78 is 34.7. The number of ether oxygens (including phenoxy) is 1. The summed E-state index contributed by atoms with van der Waals surface area (Å²) in [5, 5.41) is 6.40. The number of aryl methyl sites for hydroxylation is 1. The lowest BCUT2D eigenvalue weighted by Crippen LogP contribution is -2.09. The van der Waals surface area contributed by atoms with E-state index in [9.17, 15) is 13.2 Å². The first-order valence-electron chi connectivity index (χ1n) is 9.36. The quantitative estimate of drug-likeness (QED) is 0.225. The van der Waals surface area contributed by atoms with Crippen molar-refractivity contribution in [3.8, 4) is 5.75 Å². The van der Waals surface area contributed by atoms with Crippen LogP contribution < -0.4 is 9.61 Å². The molecule has 0 bridgehead atoms. The molecule has 31 heavy (non-hydrogen) atoms. The lowest BCUT2D eigenvalue weighted by molar-refractivity contribution is -0.142. The molecule has 0 amide bonds. The number of hydrazone groups is 1. The normalized spacial score (nSPS) is 11.4. The van der Waals surface area contributed by atoms with Gasteiger partial charge in [-0.2, -0.15) is 13.5 Å². The van der Waals surface area contributed by atoms with Crippen LogP contribution in [0.3, 0.4) is 0 Å². The number of carbonyl (C=O) groups is 1. The van der Waals surface area contributed by atoms with Crippen molar-refractivity contribution >= 4 is 38.8 Å². The monoisotopic (exact) mass is 459 g/mol. The Bertz CT molecular complexity index is 1150. The molecular formula is C21H21N3O5S2. The number of carbonyl (C=O) groups excluding carboxylic acids is 1. The van der Waals surface area contributed by atoms with Gasteiger partial charge in [-0.25, -0.2) is 4.98 Å². The Balaban J connectivity index is 1.56. The lowest BCUT2D eigenvalue weighted by Gasteiger charge is -2.07. The number of nitrogens with one attached hydrogen (secondary N) is 1. The highest BCUT2D eigenvalue weighted by molar-refractivity contribution is 7.87. The summed E-state index contributed by atoms with van der Waals surface area (Å²) in [7, 11) is -3.89. The molecule has 1 aromatic heterocycles. The Morgan fingerprint density at radius 3 is 2.55 bits per heavy atom. The minimum atomic E-state index is -3.89. The number of anilines is 1. The van der Waals surface area contributed by atoms with Gasteiger partial charge in [-0.05, 0) is 55.8 Å². The first-order chi connectivity index (χ1) is 14.9. The molecule has 3 aromatic rings. The van der Waals surface area contributed by atoms with Crippen LogP contribution in [0.5, 0.6) is 5.75 Å². The summed E-state index contributed by atoms with van der Waals surface area (Å²) in [5.74, 6) is -0.122. The second-order valence-corrected chi connectivity index (χ2v) is 8.82. The summed E-state index contributed by atoms with van der Waals surface area (Å²) in [6.07, 6.45) is 1.67. The third-order valence-corrected chi connectivity index (χ3v) is 6.01. The highest BCUT2D eigenvalue weighted by Crippen LogP contribution is 2.20. The number of nitrogens with zero attached hydrogens (tertiary/aromatic N) is 2. The molecule has 0 saturated heterocycles. The Morgan fingerprint density at radius 2 is 1.87 bits per heavy atom. The maximum atomic E-state index is 12.3. The minimum Gasteiger partial charge on any atom is -0.466 e. The van der Waals surface area contributed by atoms with Crippen molar-refractivity contribution < 1.29 is 22.1 Å². The standard InChI is InChI=1S/C21H21N3O5S2/c1-3-28-20(25)12-17-14-30-21(23-17)24-22-13-16-6-8-18(9-7-16)29-31(26,27)19-10-4-15(2)5-11-19/h4-11,13-14H,3,12H2,1-2H3,(H,23,24). The van der Waals surface area contributed by atoms with Crippen LogP contribution in [0.4, 0.5) is 5.13 Å². The molecule has 0 unspecified atom stereocenters. The Labute approximate surface area is 184 Å². The zero-order valence-corrected chi connectivity index (χ0v) is 18.6. The van der Waals surface area contributed by atoms with Crippen LogP contribution in [0.15, 0.2) is 63.9 Å². The summed E-state index contributed by atoms with van der Waals surface area (Å²) >= 11 is 1.32. The molecule has 0 atom stereocenters. The van der Waals surface area contributed by atoms with E-state index in [0.29, 0.717) is 17.4 Å². The van der Waals surface area contributed by atoms with E-state index in [0.717, 1.165) is 11.1 Å². The summed E-state index contributed by atoms with van der Waals surface area (Å²) in [4.78, 5) is 15.8. The molecule has 0 aliphatic heterocycles. The number of hydrogen-bond donors (Lipinski definition) is 1. The van der Waals surface area contributed by atoms with Crippen molar-refractivity contribution in [3.05, 3.63) is 70.7 Å². The molecule has 0 radical (unpaired) electrons. The van der Waals surface area contributed by atoms with Gasteiger partial charge < -0.3 is 8.92 Å². The second-order valence-electron chi connectivity index (χ2n) is 6.42. The number of thiazole rings is 1. The van der Waals surface area contributed by atoms with Gasteiger partial charge in [0, 0.05) is 5.38 Å². The van der Waals surface area contributed by atoms with Gasteiger partial charge in [-0.3, -0.25) is 10.2 Å². The number of aromatic nitrogens is 1. The maximum Gasteiger partial charge on any atom is 0.339 e. The van der Waals surface area contributed by atoms with Gasteiger partial charge in [-0.15, -0.1) is 11.3 Å². The van der Waals surface area contributed by atoms with Gasteiger partial charge in [0.1, 0.15) is 10.6 Å². The van der Waals surface area contributed by atoms with Gasteiger partial charge in [0.15, 0.2) is 0 Å². The van der Waals surface area contributed by atoms with Crippen molar-refractivity contribution in [2.45, 2.75) is 25.2 Å². The fraction of sp³-hybridized carbons (Fsp3) is 0.190. The van der Waals surface area contributed by atoms with Crippen LogP contribution in [-0.4, -0.2) is 32.2 Å². The second kappa shape index (κ2) is 10.2. The van der Waals surface area contributed by atoms with Crippen LogP contribution in [-0.2, 0) is 26.1 Å². The Hall–Kier alpha value is -3.24. The molecule has 0 fully saturated rings. The van der Waals surface area contributed by atoms with Crippen molar-refractivity contribution in [2.75, 3.05) is 12.0 Å². The van der Waals surface area contributed by atoms with Gasteiger partial charge in [0.2, 0.25) is 5.13 Å². The Morgan fingerprint density at radius 1 is 1.16 bits per heavy atom. The average Bonchev–Trinajstić information content (AvgIpc) is 3.16. The fourth-order valence-corrected chi connectivity index (χ4v) is 4.04. The van der Waals surface area contributed by atoms with Gasteiger partial charge in [0.25, 0.3) is 0 Å². The first kappa shape index (κ1) is 22.4. The third kappa shape index (κ3) is 6.63. The number of rotatable bonds is 9. The van der Waals surface area contributed by atoms with Crippen molar-refractivity contribution in [2.24, 2.45) is 5.10 Å². The molecule has 1 N–H and O–H groups in total. The molecular weight excluding hydrogens is 438 g/mol. The van der Waals surface area contributed by atoms with E-state index in [1.165, 1.54) is 23.5 Å². The Kier molecular flexibility index (Phi) is 7.37. The maximum absolute atomic E-state index is 12.3. The molecule has 0 aliphatic carbocycles. The van der Waals surface area contributed by atoms with Crippen molar-refractivity contribution in [1.29, 1.82) is 0 Å². The highest BCUT2D eigenvalue weighted by atomic mass is 32.2. The molecule has 8 nitrogen and oxygen atoms in total. The molecule has 0 spiro atoms. The van der Waals surface area contributed by atoms with E-state index in [-0.39, 0.29) is 23.0 Å². The summed E-state index contributed by atoms with van der Waals surface area (Å²) in [6, 6.07) is 12.9. The highest BCUT2D eigenvalue weighted by Gasteiger charge is 2.16. The molecule has 0 aliphatic rings. The van der Waals surface area contributed by atoms with E-state index in [1.54, 1.807) is 54.9 Å². The SMILES string of the molecule is CCOC(=O)Cc1csc(NN=Cc2ccc(OS(=O)(=O)c3ccc(C)cc3)cc2)n1. The fourth-order valence-electron chi connectivity index (χ4n) is 2.45. The summed E-state index contributed by atoms with van der Waals surface area (Å²) in [5.41, 5.74) is 5.10. The van der Waals surface area contributed by atoms with Crippen LogP contribution in [0.2, 0.25) is 0 Å². The molecule has 3 rings (SSSR count). The average molecular weight is 460 g/mol. The van der Waals surface area contributed by atoms with E-state index < -0.39 is 10.1 Å². The molecule has 10 heteroatoms. The smallest absolute Gasteiger partial charge is 0.339 e. The number of hydrogen-bond acceptors (Lipinski definition) is 9. The van der Waals surface area contributed by atoms with Gasteiger partial charge in [-0.1, -0.05) is 17.7 Å². The topological polar surface area (TPSA) is 107 Å². The summed E-state index contributed by atoms with van der Waals surface area (Å²) in [6.45, 7) is 3.96. The molecule has 1 heterocycles. The van der Waals surface area contributed by atoms with Gasteiger partial charge >= 0.3 is 16.1 Å².